The fourth-order valence-corrected chi connectivity index (χ4v) is 6.32. The van der Waals surface area contributed by atoms with Crippen molar-refractivity contribution < 1.29 is 14.3 Å². The zero-order valence-electron chi connectivity index (χ0n) is 24.3. The Balaban J connectivity index is 1.81. The Labute approximate surface area is 257 Å². The minimum absolute atomic E-state index is 0.0334. The van der Waals surface area contributed by atoms with Crippen LogP contribution in [0, 0.1) is 0 Å². The average Bonchev–Trinajstić information content (AvgIpc) is 3.28. The van der Waals surface area contributed by atoms with E-state index in [2.05, 4.69) is 41.9 Å². The highest BCUT2D eigenvalue weighted by Gasteiger charge is 2.35. The summed E-state index contributed by atoms with van der Waals surface area (Å²) in [5, 5.41) is 0. The molecule has 1 aromatic heterocycles. The van der Waals surface area contributed by atoms with Gasteiger partial charge in [0, 0.05) is 15.6 Å². The number of fused-ring (bicyclic) bond motifs is 1. The smallest absolute Gasteiger partial charge is 0.338 e. The van der Waals surface area contributed by atoms with Crippen LogP contribution in [-0.4, -0.2) is 23.2 Å². The van der Waals surface area contributed by atoms with Gasteiger partial charge in [-0.2, -0.15) is 0 Å². The van der Waals surface area contributed by atoms with Crippen molar-refractivity contribution in [2.24, 2.45) is 4.99 Å². The summed E-state index contributed by atoms with van der Waals surface area (Å²) < 4.78 is 14.6. The quantitative estimate of drug-likeness (QED) is 0.202. The number of benzene rings is 3. The fraction of sp³-hybridized carbons (Fsp3) is 0.265. The van der Waals surface area contributed by atoms with Crippen LogP contribution >= 0.6 is 27.3 Å². The standard InChI is InChI=1S/C34H33BrN2O4S/c1-6-40-33(39)29-30(23-10-8-7-9-11-23)36-34-37(31(29)24-14-12-22(13-15-24)20(2)3)32(38)28(42-34)19-25-18-26(35)16-17-27(25)41-21(4)5/h7-21,31H,6H2,1-5H3/b28-19+/t31-/m1/s1. The molecule has 1 aliphatic rings. The topological polar surface area (TPSA) is 69.9 Å². The molecule has 0 fully saturated rings. The van der Waals surface area contributed by atoms with Gasteiger partial charge in [0.1, 0.15) is 5.75 Å². The molecule has 0 saturated carbocycles. The number of halogens is 1. The Bertz CT molecular complexity index is 1820. The maximum Gasteiger partial charge on any atom is 0.338 e. The van der Waals surface area contributed by atoms with E-state index < -0.39 is 12.0 Å². The molecule has 2 heterocycles. The molecule has 1 atom stereocenters. The van der Waals surface area contributed by atoms with Gasteiger partial charge in [-0.1, -0.05) is 95.7 Å². The molecule has 5 rings (SSSR count). The normalized spacial score (nSPS) is 15.1. The second kappa shape index (κ2) is 12.6. The van der Waals surface area contributed by atoms with Crippen LogP contribution in [0.3, 0.4) is 0 Å². The Morgan fingerprint density at radius 3 is 2.40 bits per heavy atom. The molecule has 8 heteroatoms. The summed E-state index contributed by atoms with van der Waals surface area (Å²) >= 11 is 4.84. The van der Waals surface area contributed by atoms with Gasteiger partial charge in [-0.15, -0.1) is 0 Å². The highest BCUT2D eigenvalue weighted by molar-refractivity contribution is 9.10. The molecule has 216 valence electrons. The van der Waals surface area contributed by atoms with Gasteiger partial charge in [0.15, 0.2) is 4.80 Å². The number of ether oxygens (including phenoxy) is 2. The zero-order valence-corrected chi connectivity index (χ0v) is 26.7. The fourth-order valence-electron chi connectivity index (χ4n) is 4.95. The highest BCUT2D eigenvalue weighted by atomic mass is 79.9. The van der Waals surface area contributed by atoms with Crippen molar-refractivity contribution in [1.82, 2.24) is 4.57 Å². The molecule has 0 unspecified atom stereocenters. The van der Waals surface area contributed by atoms with E-state index in [-0.39, 0.29) is 18.3 Å². The minimum atomic E-state index is -0.715. The molecule has 0 spiro atoms. The Morgan fingerprint density at radius 1 is 1.05 bits per heavy atom. The Morgan fingerprint density at radius 2 is 1.76 bits per heavy atom. The van der Waals surface area contributed by atoms with Gasteiger partial charge in [0.05, 0.1) is 34.6 Å². The molecular formula is C34H33BrN2O4S. The van der Waals surface area contributed by atoms with E-state index >= 15 is 0 Å². The van der Waals surface area contributed by atoms with Gasteiger partial charge in [0.25, 0.3) is 5.56 Å². The summed E-state index contributed by atoms with van der Waals surface area (Å²) in [6.07, 6.45) is 1.80. The number of esters is 1. The van der Waals surface area contributed by atoms with Crippen LogP contribution in [0.2, 0.25) is 0 Å². The van der Waals surface area contributed by atoms with E-state index in [1.165, 1.54) is 16.9 Å². The summed E-state index contributed by atoms with van der Waals surface area (Å²) in [7, 11) is 0. The predicted molar refractivity (Wildman–Crippen MR) is 171 cm³/mol. The molecule has 4 aromatic rings. The average molecular weight is 646 g/mol. The molecule has 0 saturated heterocycles. The lowest BCUT2D eigenvalue weighted by Gasteiger charge is -2.26. The van der Waals surface area contributed by atoms with Gasteiger partial charge < -0.3 is 9.47 Å². The molecule has 0 bridgehead atoms. The third-order valence-electron chi connectivity index (χ3n) is 6.91. The van der Waals surface area contributed by atoms with Crippen LogP contribution in [-0.2, 0) is 9.53 Å². The number of hydrogen-bond donors (Lipinski definition) is 0. The van der Waals surface area contributed by atoms with E-state index in [0.717, 1.165) is 21.2 Å². The molecule has 3 aromatic carbocycles. The number of aromatic nitrogens is 1. The van der Waals surface area contributed by atoms with Crippen molar-refractivity contribution in [3.8, 4) is 5.75 Å². The Hall–Kier alpha value is -3.75. The van der Waals surface area contributed by atoms with Gasteiger partial charge in [-0.3, -0.25) is 9.36 Å². The van der Waals surface area contributed by atoms with Gasteiger partial charge >= 0.3 is 5.97 Å². The van der Waals surface area contributed by atoms with Gasteiger partial charge in [0.2, 0.25) is 0 Å². The third kappa shape index (κ3) is 6.05. The van der Waals surface area contributed by atoms with Gasteiger partial charge in [-0.25, -0.2) is 9.79 Å². The van der Waals surface area contributed by atoms with Crippen molar-refractivity contribution in [2.75, 3.05) is 6.61 Å². The number of thiazole rings is 1. The molecule has 0 N–H and O–H groups in total. The molecule has 0 amide bonds. The van der Waals surface area contributed by atoms with E-state index in [1.807, 2.05) is 80.6 Å². The molecule has 6 nitrogen and oxygen atoms in total. The second-order valence-corrected chi connectivity index (χ2v) is 12.5. The maximum atomic E-state index is 14.2. The molecule has 0 radical (unpaired) electrons. The number of nitrogens with zero attached hydrogens (tertiary/aromatic N) is 2. The van der Waals surface area contributed by atoms with Crippen LogP contribution in [0.5, 0.6) is 5.75 Å². The molecule has 1 aliphatic heterocycles. The van der Waals surface area contributed by atoms with E-state index in [4.69, 9.17) is 14.5 Å². The minimum Gasteiger partial charge on any atom is -0.490 e. The summed E-state index contributed by atoms with van der Waals surface area (Å²) in [6, 6.07) is 22.7. The maximum absolute atomic E-state index is 14.2. The van der Waals surface area contributed by atoms with Crippen molar-refractivity contribution in [3.05, 3.63) is 125 Å². The number of carbonyl (C=O) groups is 1. The van der Waals surface area contributed by atoms with Crippen molar-refractivity contribution in [1.29, 1.82) is 0 Å². The SMILES string of the molecule is CCOC(=O)C1=C(c2ccccc2)N=c2s/c(=C/c3cc(Br)ccc3OC(C)C)c(=O)n2[C@@H]1c1ccc(C(C)C)cc1. The van der Waals surface area contributed by atoms with E-state index in [1.54, 1.807) is 11.5 Å². The first-order chi connectivity index (χ1) is 20.2. The lowest BCUT2D eigenvalue weighted by Crippen LogP contribution is -2.40. The summed E-state index contributed by atoms with van der Waals surface area (Å²) in [5.41, 5.74) is 4.14. The Kier molecular flexibility index (Phi) is 8.94. The van der Waals surface area contributed by atoms with Crippen molar-refractivity contribution in [3.63, 3.8) is 0 Å². The van der Waals surface area contributed by atoms with Crippen molar-refractivity contribution >= 4 is 45.0 Å². The molecular weight excluding hydrogens is 612 g/mol. The van der Waals surface area contributed by atoms with Gasteiger partial charge in [-0.05, 0) is 62.1 Å². The summed E-state index contributed by atoms with van der Waals surface area (Å²) in [6.45, 7) is 10.2. The largest absolute Gasteiger partial charge is 0.490 e. The van der Waals surface area contributed by atoms with Crippen LogP contribution < -0.4 is 19.6 Å². The number of hydrogen-bond acceptors (Lipinski definition) is 6. The number of carbonyl (C=O) groups excluding carboxylic acids is 1. The van der Waals surface area contributed by atoms with Crippen LogP contribution in [0.15, 0.2) is 92.6 Å². The van der Waals surface area contributed by atoms with Crippen LogP contribution in [0.4, 0.5) is 0 Å². The first kappa shape index (κ1) is 29.7. The monoisotopic (exact) mass is 644 g/mol. The number of rotatable bonds is 8. The molecule has 42 heavy (non-hydrogen) atoms. The van der Waals surface area contributed by atoms with E-state index in [9.17, 15) is 9.59 Å². The first-order valence-electron chi connectivity index (χ1n) is 14.0. The predicted octanol–water partition coefficient (Wildman–Crippen LogP) is 6.61. The lowest BCUT2D eigenvalue weighted by atomic mass is 9.91. The van der Waals surface area contributed by atoms with E-state index in [0.29, 0.717) is 32.3 Å². The first-order valence-corrected chi connectivity index (χ1v) is 15.6. The summed E-state index contributed by atoms with van der Waals surface area (Å²) in [4.78, 5) is 33.3. The van der Waals surface area contributed by atoms with Crippen LogP contribution in [0.25, 0.3) is 11.8 Å². The second-order valence-electron chi connectivity index (χ2n) is 10.6. The van der Waals surface area contributed by atoms with Crippen LogP contribution in [0.1, 0.15) is 68.8 Å². The third-order valence-corrected chi connectivity index (χ3v) is 8.39. The zero-order chi connectivity index (χ0) is 30.0. The molecule has 0 aliphatic carbocycles. The summed E-state index contributed by atoms with van der Waals surface area (Å²) in [5.74, 6) is 0.525. The van der Waals surface area contributed by atoms with Crippen molar-refractivity contribution in [2.45, 2.75) is 52.7 Å². The highest BCUT2D eigenvalue weighted by Crippen LogP contribution is 2.35. The lowest BCUT2D eigenvalue weighted by molar-refractivity contribution is -0.138.